The van der Waals surface area contributed by atoms with Crippen LogP contribution in [0.4, 0.5) is 0 Å². The number of hydrogen-bond donors (Lipinski definition) is 0. The van der Waals surface area contributed by atoms with E-state index in [0.717, 1.165) is 12.1 Å². The van der Waals surface area contributed by atoms with Gasteiger partial charge in [-0.3, -0.25) is 4.79 Å². The van der Waals surface area contributed by atoms with E-state index in [1.54, 1.807) is 0 Å². The molecule has 3 heteroatoms. The predicted molar refractivity (Wildman–Crippen MR) is 66.1 cm³/mol. The predicted octanol–water partition coefficient (Wildman–Crippen LogP) is 3.24. The molecule has 0 spiro atoms. The van der Waals surface area contributed by atoms with Gasteiger partial charge in [-0.25, -0.2) is 4.98 Å². The second kappa shape index (κ2) is 4.58. The van der Waals surface area contributed by atoms with Crippen molar-refractivity contribution in [3.8, 4) is 0 Å². The molecule has 0 aliphatic rings. The van der Waals surface area contributed by atoms with Gasteiger partial charge in [0.15, 0.2) is 5.01 Å². The van der Waals surface area contributed by atoms with Gasteiger partial charge in [0, 0.05) is 10.4 Å². The fraction of sp³-hybridized carbons (Fsp3) is 0.231. The quantitative estimate of drug-likeness (QED) is 0.759. The smallest absolute Gasteiger partial charge is 0.221 e. The third-order valence-corrected chi connectivity index (χ3v) is 3.74. The highest BCUT2D eigenvalue weighted by atomic mass is 32.1. The molecule has 0 radical (unpaired) electrons. The van der Waals surface area contributed by atoms with E-state index in [1.165, 1.54) is 16.2 Å². The Morgan fingerprint density at radius 3 is 2.56 bits per heavy atom. The maximum Gasteiger partial charge on any atom is 0.221 e. The number of aryl methyl sites for hydroxylation is 2. The van der Waals surface area contributed by atoms with Crippen molar-refractivity contribution in [3.63, 3.8) is 0 Å². The number of carbonyl (C=O) groups excluding carboxylic acids is 1. The van der Waals surface area contributed by atoms with Crippen molar-refractivity contribution < 1.29 is 4.79 Å². The van der Waals surface area contributed by atoms with Gasteiger partial charge in [0.25, 0.3) is 0 Å². The van der Waals surface area contributed by atoms with Crippen LogP contribution >= 0.6 is 11.3 Å². The van der Waals surface area contributed by atoms with E-state index >= 15 is 0 Å². The molecule has 0 aliphatic heterocycles. The number of benzene rings is 1. The molecule has 0 N–H and O–H groups in total. The molecule has 2 nitrogen and oxygen atoms in total. The van der Waals surface area contributed by atoms with Crippen molar-refractivity contribution >= 4 is 17.1 Å². The third kappa shape index (κ3) is 2.04. The van der Waals surface area contributed by atoms with Crippen molar-refractivity contribution in [1.82, 2.24) is 4.98 Å². The molecule has 0 unspecified atom stereocenters. The third-order valence-electron chi connectivity index (χ3n) is 2.44. The van der Waals surface area contributed by atoms with Gasteiger partial charge in [-0.15, -0.1) is 11.3 Å². The molecule has 0 aliphatic carbocycles. The lowest BCUT2D eigenvalue weighted by Gasteiger charge is -1.95. The molecule has 0 saturated carbocycles. The van der Waals surface area contributed by atoms with E-state index < -0.39 is 0 Å². The van der Waals surface area contributed by atoms with Crippen LogP contribution in [0.1, 0.15) is 32.9 Å². The number of rotatable bonds is 3. The summed E-state index contributed by atoms with van der Waals surface area (Å²) in [6.07, 6.45) is 0.936. The average Bonchev–Trinajstić information content (AvgIpc) is 2.71. The topological polar surface area (TPSA) is 30.0 Å². The standard InChI is InChI=1S/C13H13NOS/c1-3-11-9(2)14-13(16-11)12(15)10-7-5-4-6-8-10/h4-8H,3H2,1-2H3. The van der Waals surface area contributed by atoms with E-state index in [0.29, 0.717) is 10.6 Å². The van der Waals surface area contributed by atoms with Crippen LogP contribution in [0.15, 0.2) is 30.3 Å². The average molecular weight is 231 g/mol. The zero-order valence-electron chi connectivity index (χ0n) is 9.36. The van der Waals surface area contributed by atoms with Crippen LogP contribution < -0.4 is 0 Å². The second-order valence-electron chi connectivity index (χ2n) is 3.58. The van der Waals surface area contributed by atoms with Crippen molar-refractivity contribution in [2.45, 2.75) is 20.3 Å². The minimum atomic E-state index is 0.0217. The molecule has 1 aromatic heterocycles. The SMILES string of the molecule is CCc1sc(C(=O)c2ccccc2)nc1C. The summed E-state index contributed by atoms with van der Waals surface area (Å²) in [6.45, 7) is 4.04. The Hall–Kier alpha value is -1.48. The lowest BCUT2D eigenvalue weighted by molar-refractivity contribution is 0.103. The molecular weight excluding hydrogens is 218 g/mol. The van der Waals surface area contributed by atoms with Gasteiger partial charge >= 0.3 is 0 Å². The summed E-state index contributed by atoms with van der Waals surface area (Å²) >= 11 is 1.50. The minimum Gasteiger partial charge on any atom is -0.286 e. The summed E-state index contributed by atoms with van der Waals surface area (Å²) in [5.41, 5.74) is 1.69. The first-order chi connectivity index (χ1) is 7.72. The second-order valence-corrected chi connectivity index (χ2v) is 4.66. The number of carbonyl (C=O) groups is 1. The Kier molecular flexibility index (Phi) is 3.15. The maximum atomic E-state index is 12.1. The lowest BCUT2D eigenvalue weighted by Crippen LogP contribution is -1.99. The normalized spacial score (nSPS) is 10.4. The van der Waals surface area contributed by atoms with Crippen molar-refractivity contribution in [2.24, 2.45) is 0 Å². The monoisotopic (exact) mass is 231 g/mol. The van der Waals surface area contributed by atoms with Gasteiger partial charge in [-0.05, 0) is 13.3 Å². The molecular formula is C13H13NOS. The van der Waals surface area contributed by atoms with Crippen LogP contribution in [0, 0.1) is 6.92 Å². The zero-order valence-corrected chi connectivity index (χ0v) is 10.2. The van der Waals surface area contributed by atoms with Crippen LogP contribution in [0.5, 0.6) is 0 Å². The molecule has 0 atom stereocenters. The first-order valence-corrected chi connectivity index (χ1v) is 6.10. The van der Waals surface area contributed by atoms with E-state index in [1.807, 2.05) is 37.3 Å². The Balaban J connectivity index is 2.35. The number of aromatic nitrogens is 1. The van der Waals surface area contributed by atoms with E-state index in [4.69, 9.17) is 0 Å². The van der Waals surface area contributed by atoms with Crippen molar-refractivity contribution in [2.75, 3.05) is 0 Å². The summed E-state index contributed by atoms with van der Waals surface area (Å²) in [5, 5.41) is 0.598. The van der Waals surface area contributed by atoms with Crippen LogP contribution in [0.2, 0.25) is 0 Å². The molecule has 82 valence electrons. The largest absolute Gasteiger partial charge is 0.286 e. The van der Waals surface area contributed by atoms with E-state index in [9.17, 15) is 4.79 Å². The van der Waals surface area contributed by atoms with Crippen LogP contribution in [0.25, 0.3) is 0 Å². The van der Waals surface area contributed by atoms with E-state index in [-0.39, 0.29) is 5.78 Å². The van der Waals surface area contributed by atoms with E-state index in [2.05, 4.69) is 11.9 Å². The van der Waals surface area contributed by atoms with Gasteiger partial charge < -0.3 is 0 Å². The Bertz CT molecular complexity index is 502. The summed E-state index contributed by atoms with van der Waals surface area (Å²) in [7, 11) is 0. The number of nitrogens with zero attached hydrogens (tertiary/aromatic N) is 1. The molecule has 2 aromatic rings. The maximum absolute atomic E-state index is 12.1. The highest BCUT2D eigenvalue weighted by Crippen LogP contribution is 2.21. The fourth-order valence-electron chi connectivity index (χ4n) is 1.57. The summed E-state index contributed by atoms with van der Waals surface area (Å²) < 4.78 is 0. The van der Waals surface area contributed by atoms with Gasteiger partial charge in [0.05, 0.1) is 5.69 Å². The molecule has 16 heavy (non-hydrogen) atoms. The Morgan fingerprint density at radius 2 is 2.00 bits per heavy atom. The summed E-state index contributed by atoms with van der Waals surface area (Å²) in [5.74, 6) is 0.0217. The molecule has 2 rings (SSSR count). The molecule has 0 saturated heterocycles. The molecule has 0 amide bonds. The Labute approximate surface area is 99.0 Å². The van der Waals surface area contributed by atoms with Crippen LogP contribution in [0.3, 0.4) is 0 Å². The van der Waals surface area contributed by atoms with Crippen molar-refractivity contribution in [1.29, 1.82) is 0 Å². The minimum absolute atomic E-state index is 0.0217. The summed E-state index contributed by atoms with van der Waals surface area (Å²) in [4.78, 5) is 17.6. The fourth-order valence-corrected chi connectivity index (χ4v) is 2.53. The number of hydrogen-bond acceptors (Lipinski definition) is 3. The van der Waals surface area contributed by atoms with Gasteiger partial charge in [0.1, 0.15) is 0 Å². The van der Waals surface area contributed by atoms with Gasteiger partial charge in [0.2, 0.25) is 5.78 Å². The van der Waals surface area contributed by atoms with Crippen LogP contribution in [-0.2, 0) is 6.42 Å². The first kappa shape index (κ1) is 11.0. The lowest BCUT2D eigenvalue weighted by atomic mass is 10.1. The molecule has 0 bridgehead atoms. The molecule has 0 fully saturated rings. The highest BCUT2D eigenvalue weighted by molar-refractivity contribution is 7.13. The Morgan fingerprint density at radius 1 is 1.31 bits per heavy atom. The van der Waals surface area contributed by atoms with Gasteiger partial charge in [-0.1, -0.05) is 37.3 Å². The van der Waals surface area contributed by atoms with Crippen molar-refractivity contribution in [3.05, 3.63) is 51.5 Å². The summed E-state index contributed by atoms with van der Waals surface area (Å²) in [6, 6.07) is 9.29. The van der Waals surface area contributed by atoms with Crippen LogP contribution in [-0.4, -0.2) is 10.8 Å². The highest BCUT2D eigenvalue weighted by Gasteiger charge is 2.14. The zero-order chi connectivity index (χ0) is 11.5. The first-order valence-electron chi connectivity index (χ1n) is 5.28. The number of ketones is 1. The molecule has 1 aromatic carbocycles. The molecule has 1 heterocycles. The number of thiazole rings is 1. The van der Waals surface area contributed by atoms with Gasteiger partial charge in [-0.2, -0.15) is 0 Å².